The summed E-state index contributed by atoms with van der Waals surface area (Å²) in [5.74, 6) is 0. The van der Waals surface area contributed by atoms with Crippen molar-refractivity contribution in [3.05, 3.63) is 21.1 Å². The van der Waals surface area contributed by atoms with Gasteiger partial charge < -0.3 is 0 Å². The van der Waals surface area contributed by atoms with Gasteiger partial charge in [-0.1, -0.05) is 11.3 Å². The summed E-state index contributed by atoms with van der Waals surface area (Å²) in [4.78, 5) is 9.10. The van der Waals surface area contributed by atoms with Crippen LogP contribution in [0.25, 0.3) is 0 Å². The lowest BCUT2D eigenvalue weighted by Crippen LogP contribution is -2.23. The average Bonchev–Trinajstić information content (AvgIpc) is 2.56. The van der Waals surface area contributed by atoms with Gasteiger partial charge in [-0.3, -0.25) is 10.1 Å². The second-order valence-electron chi connectivity index (χ2n) is 3.29. The third kappa shape index (κ3) is 3.71. The van der Waals surface area contributed by atoms with Crippen LogP contribution < -0.4 is 9.86 Å². The zero-order valence-corrected chi connectivity index (χ0v) is 11.4. The maximum Gasteiger partial charge on any atom is 0.344 e. The fraction of sp³-hybridized carbons (Fsp3) is 0.333. The van der Waals surface area contributed by atoms with Crippen molar-refractivity contribution in [1.82, 2.24) is 4.72 Å². The highest BCUT2D eigenvalue weighted by Crippen LogP contribution is 2.33. The lowest BCUT2D eigenvalue weighted by molar-refractivity contribution is -0.383. The number of nitro groups is 1. The zero-order valence-electron chi connectivity index (χ0n) is 8.98. The van der Waals surface area contributed by atoms with E-state index in [-0.39, 0.29) is 12.1 Å². The summed E-state index contributed by atoms with van der Waals surface area (Å²) in [7, 11) is -7.85. The first-order valence-corrected chi connectivity index (χ1v) is 8.56. The number of hydrogen-bond acceptors (Lipinski definition) is 7. The van der Waals surface area contributed by atoms with E-state index in [4.69, 9.17) is 5.14 Å². The molecular weight excluding hydrogens is 306 g/mol. The Bertz CT molecular complexity index is 673. The van der Waals surface area contributed by atoms with Crippen LogP contribution in [0.3, 0.4) is 0 Å². The molecule has 0 aliphatic rings. The molecule has 18 heavy (non-hydrogen) atoms. The summed E-state index contributed by atoms with van der Waals surface area (Å²) in [6, 6.07) is 0. The van der Waals surface area contributed by atoms with Crippen LogP contribution >= 0.6 is 11.3 Å². The van der Waals surface area contributed by atoms with Gasteiger partial charge in [-0.25, -0.2) is 26.7 Å². The predicted molar refractivity (Wildman–Crippen MR) is 64.0 cm³/mol. The van der Waals surface area contributed by atoms with Gasteiger partial charge >= 0.3 is 5.00 Å². The lowest BCUT2D eigenvalue weighted by atomic mass is 10.3. The van der Waals surface area contributed by atoms with Crippen LogP contribution in [0.2, 0.25) is 0 Å². The number of nitrogens with zero attached hydrogens (tertiary/aromatic N) is 1. The number of nitrogens with two attached hydrogens (primary N) is 1. The van der Waals surface area contributed by atoms with E-state index in [1.165, 1.54) is 5.38 Å². The van der Waals surface area contributed by atoms with Gasteiger partial charge in [-0.15, -0.1) is 0 Å². The molecule has 0 aliphatic heterocycles. The number of thiophene rings is 1. The molecule has 0 unspecified atom stereocenters. The highest BCUT2D eigenvalue weighted by molar-refractivity contribution is 7.89. The Kier molecular flexibility index (Phi) is 4.07. The molecule has 1 rings (SSSR count). The zero-order chi connectivity index (χ0) is 14.1. The average molecular weight is 315 g/mol. The van der Waals surface area contributed by atoms with E-state index < -0.39 is 34.9 Å². The molecule has 0 radical (unpaired) electrons. The quantitative estimate of drug-likeness (QED) is 0.544. The molecule has 0 aromatic carbocycles. The van der Waals surface area contributed by atoms with Crippen molar-refractivity contribution in [1.29, 1.82) is 0 Å². The van der Waals surface area contributed by atoms with Gasteiger partial charge in [0.1, 0.15) is 0 Å². The Hall–Kier alpha value is -1.08. The second kappa shape index (κ2) is 4.89. The maximum absolute atomic E-state index is 11.3. The normalized spacial score (nSPS) is 12.6. The molecule has 1 aromatic rings. The van der Waals surface area contributed by atoms with E-state index in [2.05, 4.69) is 0 Å². The van der Waals surface area contributed by atoms with Crippen LogP contribution in [0.15, 0.2) is 10.3 Å². The van der Waals surface area contributed by atoms with Gasteiger partial charge in [0.15, 0.2) is 4.90 Å². The number of hydrogen-bond donors (Lipinski definition) is 2. The minimum Gasteiger partial charge on any atom is -0.258 e. The molecule has 0 bridgehead atoms. The van der Waals surface area contributed by atoms with Crippen LogP contribution in [0.5, 0.6) is 0 Å². The molecule has 0 spiro atoms. The maximum atomic E-state index is 11.3. The van der Waals surface area contributed by atoms with Crippen LogP contribution in [-0.2, 0) is 26.6 Å². The molecule has 0 amide bonds. The molecule has 102 valence electrons. The molecule has 1 aromatic heterocycles. The monoisotopic (exact) mass is 315 g/mol. The number of rotatable bonds is 5. The van der Waals surface area contributed by atoms with Crippen molar-refractivity contribution in [2.75, 3.05) is 6.26 Å². The molecule has 3 N–H and O–H groups in total. The molecule has 12 heteroatoms. The fourth-order valence-corrected chi connectivity index (χ4v) is 3.71. The van der Waals surface area contributed by atoms with E-state index in [1.54, 1.807) is 0 Å². The van der Waals surface area contributed by atoms with Crippen molar-refractivity contribution >= 4 is 36.4 Å². The number of sulfonamides is 2. The summed E-state index contributed by atoms with van der Waals surface area (Å²) >= 11 is 0.569. The molecule has 9 nitrogen and oxygen atoms in total. The Labute approximate surface area is 107 Å². The molecule has 0 fully saturated rings. The summed E-state index contributed by atoms with van der Waals surface area (Å²) in [6.07, 6.45) is 0.879. The SMILES string of the molecule is CS(=O)(=O)NCc1csc([N+](=O)[O-])c1S(N)(=O)=O. The van der Waals surface area contributed by atoms with Gasteiger partial charge in [0, 0.05) is 17.5 Å². The first-order valence-electron chi connectivity index (χ1n) is 4.24. The van der Waals surface area contributed by atoms with Crippen molar-refractivity contribution in [3.8, 4) is 0 Å². The second-order valence-corrected chi connectivity index (χ2v) is 7.48. The topological polar surface area (TPSA) is 149 Å². The van der Waals surface area contributed by atoms with Gasteiger partial charge in [0.2, 0.25) is 20.0 Å². The number of primary sulfonamides is 1. The molecule has 0 aliphatic carbocycles. The fourth-order valence-electron chi connectivity index (χ4n) is 1.13. The van der Waals surface area contributed by atoms with Crippen LogP contribution in [-0.4, -0.2) is 28.0 Å². The van der Waals surface area contributed by atoms with Crippen LogP contribution in [0.4, 0.5) is 5.00 Å². The van der Waals surface area contributed by atoms with Crippen LogP contribution in [0.1, 0.15) is 5.56 Å². The Morgan fingerprint density at radius 3 is 2.39 bits per heavy atom. The van der Waals surface area contributed by atoms with E-state index in [1.807, 2.05) is 4.72 Å². The largest absolute Gasteiger partial charge is 0.344 e. The standard InChI is InChI=1S/C6H9N3O6S3/c1-17(12,13)8-2-4-3-16-6(9(10)11)5(4)18(7,14)15/h3,8H,2H2,1H3,(H2,7,14,15). The summed E-state index contributed by atoms with van der Waals surface area (Å²) in [5, 5.41) is 16.1. The highest BCUT2D eigenvalue weighted by atomic mass is 32.2. The van der Waals surface area contributed by atoms with Crippen LogP contribution in [0, 0.1) is 10.1 Å². The minimum absolute atomic E-state index is 0.0559. The Morgan fingerprint density at radius 1 is 1.44 bits per heavy atom. The summed E-state index contributed by atoms with van der Waals surface area (Å²) < 4.78 is 46.3. The van der Waals surface area contributed by atoms with E-state index in [9.17, 15) is 26.9 Å². The first-order chi connectivity index (χ1) is 8.02. The summed E-state index contributed by atoms with van der Waals surface area (Å²) in [5.41, 5.74) is -0.0559. The number of nitrogens with one attached hydrogen (secondary N) is 1. The van der Waals surface area contributed by atoms with Gasteiger partial charge in [0.05, 0.1) is 11.2 Å². The molecule has 1 heterocycles. The van der Waals surface area contributed by atoms with Crippen molar-refractivity contribution in [2.45, 2.75) is 11.4 Å². The lowest BCUT2D eigenvalue weighted by Gasteiger charge is -2.02. The molecule has 0 saturated heterocycles. The minimum atomic E-state index is -4.30. The van der Waals surface area contributed by atoms with Crippen molar-refractivity contribution in [2.24, 2.45) is 5.14 Å². The Morgan fingerprint density at radius 2 is 2.00 bits per heavy atom. The van der Waals surface area contributed by atoms with Crippen molar-refractivity contribution < 1.29 is 21.8 Å². The van der Waals surface area contributed by atoms with Crippen molar-refractivity contribution in [3.63, 3.8) is 0 Å². The van der Waals surface area contributed by atoms with E-state index in [0.717, 1.165) is 6.26 Å². The molecular formula is C6H9N3O6S3. The van der Waals surface area contributed by atoms with Gasteiger partial charge in [-0.2, -0.15) is 0 Å². The molecule has 0 saturated carbocycles. The molecule has 0 atom stereocenters. The smallest absolute Gasteiger partial charge is 0.258 e. The Balaban J connectivity index is 3.26. The van der Waals surface area contributed by atoms with E-state index >= 15 is 0 Å². The highest BCUT2D eigenvalue weighted by Gasteiger charge is 2.29. The first kappa shape index (κ1) is 15.0. The third-order valence-electron chi connectivity index (χ3n) is 1.77. The van der Waals surface area contributed by atoms with Gasteiger partial charge in [-0.05, 0) is 0 Å². The third-order valence-corrected chi connectivity index (χ3v) is 4.58. The predicted octanol–water partition coefficient (Wildman–Crippen LogP) is -0.647. The summed E-state index contributed by atoms with van der Waals surface area (Å²) in [6.45, 7) is -0.380. The van der Waals surface area contributed by atoms with Gasteiger partial charge in [0.25, 0.3) is 0 Å². The van der Waals surface area contributed by atoms with E-state index in [0.29, 0.717) is 11.3 Å².